The monoisotopic (exact) mass is 552 g/mol. The lowest BCUT2D eigenvalue weighted by Gasteiger charge is -2.13. The number of methoxy groups -OCH3 is 1. The van der Waals surface area contributed by atoms with E-state index in [-0.39, 0.29) is 11.7 Å². The van der Waals surface area contributed by atoms with Gasteiger partial charge in [0.2, 0.25) is 5.91 Å². The number of thioether (sulfide) groups is 1. The standard InChI is InChI=1S/C23H19BrCl2N2O3S/c1-30-21-11-16(10-20(26)23(21)31-13-15-2-4-17(24)5-3-15)12-27-28-22(29)14-32-19-8-6-18(25)7-9-19/h2-12H,13-14H2,1H3,(H,28,29)/b27-12-. The van der Waals surface area contributed by atoms with Crippen molar-refractivity contribution in [3.05, 3.63) is 86.3 Å². The first kappa shape index (κ1) is 24.5. The fourth-order valence-electron chi connectivity index (χ4n) is 2.58. The van der Waals surface area contributed by atoms with Gasteiger partial charge in [0, 0.05) is 14.4 Å². The highest BCUT2D eigenvalue weighted by molar-refractivity contribution is 9.10. The summed E-state index contributed by atoms with van der Waals surface area (Å²) < 4.78 is 12.3. The second-order valence-electron chi connectivity index (χ2n) is 6.49. The van der Waals surface area contributed by atoms with Crippen LogP contribution in [-0.2, 0) is 11.4 Å². The molecule has 0 spiro atoms. The van der Waals surface area contributed by atoms with E-state index in [1.165, 1.54) is 25.1 Å². The molecule has 0 fully saturated rings. The molecule has 0 atom stereocenters. The molecule has 3 aromatic carbocycles. The Morgan fingerprint density at radius 1 is 1.12 bits per heavy atom. The first-order chi connectivity index (χ1) is 15.4. The fourth-order valence-corrected chi connectivity index (χ4v) is 3.94. The topological polar surface area (TPSA) is 59.9 Å². The van der Waals surface area contributed by atoms with Gasteiger partial charge in [0.1, 0.15) is 6.61 Å². The molecule has 1 N–H and O–H groups in total. The Balaban J connectivity index is 1.57. The second-order valence-corrected chi connectivity index (χ2v) is 9.29. The fraction of sp³-hybridized carbons (Fsp3) is 0.130. The Kier molecular flexibility index (Phi) is 9.29. The van der Waals surface area contributed by atoms with Gasteiger partial charge in [-0.15, -0.1) is 11.8 Å². The maximum Gasteiger partial charge on any atom is 0.250 e. The Bertz CT molecular complexity index is 1090. The van der Waals surface area contributed by atoms with Crippen LogP contribution >= 0.6 is 50.9 Å². The van der Waals surface area contributed by atoms with E-state index < -0.39 is 0 Å². The number of nitrogens with one attached hydrogen (secondary N) is 1. The smallest absolute Gasteiger partial charge is 0.250 e. The summed E-state index contributed by atoms with van der Waals surface area (Å²) in [6.45, 7) is 0.345. The van der Waals surface area contributed by atoms with Crippen molar-refractivity contribution in [3.63, 3.8) is 0 Å². The molecule has 32 heavy (non-hydrogen) atoms. The van der Waals surface area contributed by atoms with Crippen molar-refractivity contribution < 1.29 is 14.3 Å². The van der Waals surface area contributed by atoms with E-state index in [1.807, 2.05) is 36.4 Å². The van der Waals surface area contributed by atoms with Gasteiger partial charge in [0.15, 0.2) is 11.5 Å². The van der Waals surface area contributed by atoms with E-state index in [0.29, 0.717) is 33.7 Å². The molecule has 166 valence electrons. The number of hydrogen-bond donors (Lipinski definition) is 1. The van der Waals surface area contributed by atoms with Crippen molar-refractivity contribution in [2.75, 3.05) is 12.9 Å². The number of ether oxygens (including phenoxy) is 2. The molecule has 0 aliphatic carbocycles. The highest BCUT2D eigenvalue weighted by Crippen LogP contribution is 2.36. The SMILES string of the molecule is COc1cc(/C=N\NC(=O)CSc2ccc(Cl)cc2)cc(Cl)c1OCc1ccc(Br)cc1. The van der Waals surface area contributed by atoms with Gasteiger partial charge in [0.25, 0.3) is 0 Å². The minimum atomic E-state index is -0.228. The number of carbonyl (C=O) groups excluding carboxylic acids is 1. The summed E-state index contributed by atoms with van der Waals surface area (Å²) in [5.41, 5.74) is 4.16. The highest BCUT2D eigenvalue weighted by Gasteiger charge is 2.12. The van der Waals surface area contributed by atoms with Crippen LogP contribution in [0.3, 0.4) is 0 Å². The lowest BCUT2D eigenvalue weighted by molar-refractivity contribution is -0.118. The average molecular weight is 554 g/mol. The van der Waals surface area contributed by atoms with Gasteiger partial charge in [-0.1, -0.05) is 51.3 Å². The predicted octanol–water partition coefficient (Wildman–Crippen LogP) is 6.59. The van der Waals surface area contributed by atoms with Crippen LogP contribution in [0.25, 0.3) is 0 Å². The van der Waals surface area contributed by atoms with Crippen LogP contribution in [0.4, 0.5) is 0 Å². The normalized spacial score (nSPS) is 10.9. The molecule has 0 aliphatic rings. The Morgan fingerprint density at radius 2 is 1.84 bits per heavy atom. The molecule has 0 radical (unpaired) electrons. The predicted molar refractivity (Wildman–Crippen MR) is 134 cm³/mol. The third kappa shape index (κ3) is 7.45. The molecule has 9 heteroatoms. The molecular formula is C23H19BrCl2N2O3S. The maximum absolute atomic E-state index is 12.0. The maximum atomic E-state index is 12.0. The van der Waals surface area contributed by atoms with E-state index in [0.717, 1.165) is 14.9 Å². The number of hydrogen-bond acceptors (Lipinski definition) is 5. The number of carbonyl (C=O) groups is 1. The molecule has 0 bridgehead atoms. The van der Waals surface area contributed by atoms with Crippen molar-refractivity contribution in [1.29, 1.82) is 0 Å². The summed E-state index contributed by atoms with van der Waals surface area (Å²) in [7, 11) is 1.54. The van der Waals surface area contributed by atoms with Gasteiger partial charge in [-0.3, -0.25) is 4.79 Å². The summed E-state index contributed by atoms with van der Waals surface area (Å²) in [4.78, 5) is 13.0. The van der Waals surface area contributed by atoms with Crippen LogP contribution in [0.15, 0.2) is 75.1 Å². The number of halogens is 3. The summed E-state index contributed by atoms with van der Waals surface area (Å²) in [5, 5.41) is 5.03. The number of amides is 1. The van der Waals surface area contributed by atoms with Crippen LogP contribution in [0.5, 0.6) is 11.5 Å². The molecule has 0 saturated carbocycles. The summed E-state index contributed by atoms with van der Waals surface area (Å²) >= 11 is 17.1. The zero-order chi connectivity index (χ0) is 22.9. The third-order valence-electron chi connectivity index (χ3n) is 4.13. The summed E-state index contributed by atoms with van der Waals surface area (Å²) in [6.07, 6.45) is 1.50. The third-order valence-corrected chi connectivity index (χ3v) is 6.21. The van der Waals surface area contributed by atoms with Crippen molar-refractivity contribution in [2.24, 2.45) is 5.10 Å². The van der Waals surface area contributed by atoms with E-state index in [1.54, 1.807) is 24.3 Å². The van der Waals surface area contributed by atoms with Gasteiger partial charge >= 0.3 is 0 Å². The molecule has 0 heterocycles. The lowest BCUT2D eigenvalue weighted by atomic mass is 10.2. The molecule has 3 rings (SSSR count). The number of nitrogens with zero attached hydrogens (tertiary/aromatic N) is 1. The van der Waals surface area contributed by atoms with Crippen LogP contribution < -0.4 is 14.9 Å². The molecule has 5 nitrogen and oxygen atoms in total. The first-order valence-electron chi connectivity index (χ1n) is 9.39. The van der Waals surface area contributed by atoms with Crippen LogP contribution in [0.2, 0.25) is 10.0 Å². The zero-order valence-electron chi connectivity index (χ0n) is 17.0. The highest BCUT2D eigenvalue weighted by atomic mass is 79.9. The van der Waals surface area contributed by atoms with Gasteiger partial charge in [-0.25, -0.2) is 5.43 Å². The van der Waals surface area contributed by atoms with Crippen molar-refractivity contribution >= 4 is 63.0 Å². The minimum absolute atomic E-state index is 0.228. The second kappa shape index (κ2) is 12.2. The minimum Gasteiger partial charge on any atom is -0.493 e. The average Bonchev–Trinajstić information content (AvgIpc) is 2.79. The molecule has 1 amide bonds. The van der Waals surface area contributed by atoms with Gasteiger partial charge in [-0.05, 0) is 59.7 Å². The lowest BCUT2D eigenvalue weighted by Crippen LogP contribution is -2.19. The van der Waals surface area contributed by atoms with Gasteiger partial charge in [0.05, 0.1) is 24.1 Å². The quantitative estimate of drug-likeness (QED) is 0.184. The molecule has 3 aromatic rings. The molecule has 0 saturated heterocycles. The number of rotatable bonds is 9. The van der Waals surface area contributed by atoms with Gasteiger partial charge < -0.3 is 9.47 Å². The molecular weight excluding hydrogens is 535 g/mol. The first-order valence-corrected chi connectivity index (χ1v) is 11.9. The van der Waals surface area contributed by atoms with Crippen LogP contribution in [-0.4, -0.2) is 25.0 Å². The van der Waals surface area contributed by atoms with Crippen molar-refractivity contribution in [2.45, 2.75) is 11.5 Å². The van der Waals surface area contributed by atoms with Crippen molar-refractivity contribution in [3.8, 4) is 11.5 Å². The van der Waals surface area contributed by atoms with Crippen molar-refractivity contribution in [1.82, 2.24) is 5.43 Å². The molecule has 0 aliphatic heterocycles. The Labute approximate surface area is 209 Å². The van der Waals surface area contributed by atoms with E-state index in [9.17, 15) is 4.79 Å². The largest absolute Gasteiger partial charge is 0.493 e. The van der Waals surface area contributed by atoms with Crippen LogP contribution in [0.1, 0.15) is 11.1 Å². The van der Waals surface area contributed by atoms with E-state index in [2.05, 4.69) is 26.5 Å². The van der Waals surface area contributed by atoms with E-state index >= 15 is 0 Å². The van der Waals surface area contributed by atoms with Crippen LogP contribution in [0, 0.1) is 0 Å². The number of hydrazone groups is 1. The Hall–Kier alpha value is -2.19. The molecule has 0 unspecified atom stereocenters. The zero-order valence-corrected chi connectivity index (χ0v) is 20.9. The van der Waals surface area contributed by atoms with E-state index in [4.69, 9.17) is 32.7 Å². The Morgan fingerprint density at radius 3 is 2.53 bits per heavy atom. The number of benzene rings is 3. The van der Waals surface area contributed by atoms with Gasteiger partial charge in [-0.2, -0.15) is 5.10 Å². The summed E-state index contributed by atoms with van der Waals surface area (Å²) in [5.74, 6) is 0.915. The molecule has 0 aromatic heterocycles. The summed E-state index contributed by atoms with van der Waals surface area (Å²) in [6, 6.07) is 18.5.